The molecule has 1 aromatic rings. The number of rotatable bonds is 3. The highest BCUT2D eigenvalue weighted by molar-refractivity contribution is 6.31. The van der Waals surface area contributed by atoms with E-state index in [1.165, 1.54) is 6.33 Å². The molecule has 6 heteroatoms. The van der Waals surface area contributed by atoms with Crippen molar-refractivity contribution < 1.29 is 9.47 Å². The standard InChI is InChI=1S/C11H16ClN3O2/c1-16-8-3-5-15(6-4-8)11-9(17-2)10(12)13-7-14-11/h7-8H,3-6H2,1-2H3. The van der Waals surface area contributed by atoms with E-state index in [-0.39, 0.29) is 0 Å². The van der Waals surface area contributed by atoms with E-state index in [1.807, 2.05) is 0 Å². The highest BCUT2D eigenvalue weighted by Gasteiger charge is 2.23. The van der Waals surface area contributed by atoms with Gasteiger partial charge in [-0.25, -0.2) is 9.97 Å². The minimum Gasteiger partial charge on any atom is -0.490 e. The topological polar surface area (TPSA) is 47.5 Å². The molecule has 1 aliphatic heterocycles. The third-order valence-electron chi connectivity index (χ3n) is 3.02. The number of nitrogens with zero attached hydrogens (tertiary/aromatic N) is 3. The smallest absolute Gasteiger partial charge is 0.199 e. The average molecular weight is 258 g/mol. The molecule has 0 bridgehead atoms. The fourth-order valence-corrected chi connectivity index (χ4v) is 2.25. The molecule has 1 saturated heterocycles. The van der Waals surface area contributed by atoms with Gasteiger partial charge in [-0.3, -0.25) is 0 Å². The first-order chi connectivity index (χ1) is 8.26. The van der Waals surface area contributed by atoms with Crippen molar-refractivity contribution in [2.24, 2.45) is 0 Å². The predicted octanol–water partition coefficient (Wildman–Crippen LogP) is 1.75. The summed E-state index contributed by atoms with van der Waals surface area (Å²) in [6.45, 7) is 1.78. The number of anilines is 1. The van der Waals surface area contributed by atoms with Crippen LogP contribution < -0.4 is 9.64 Å². The number of halogens is 1. The number of hydrogen-bond acceptors (Lipinski definition) is 5. The molecule has 1 fully saturated rings. The number of hydrogen-bond donors (Lipinski definition) is 0. The van der Waals surface area contributed by atoms with Crippen LogP contribution in [0.5, 0.6) is 5.75 Å². The summed E-state index contributed by atoms with van der Waals surface area (Å²) in [6, 6.07) is 0. The molecule has 1 aromatic heterocycles. The van der Waals surface area contributed by atoms with Crippen LogP contribution in [0.1, 0.15) is 12.8 Å². The van der Waals surface area contributed by atoms with Crippen LogP contribution in [0.3, 0.4) is 0 Å². The molecule has 0 N–H and O–H groups in total. The van der Waals surface area contributed by atoms with Gasteiger partial charge >= 0.3 is 0 Å². The van der Waals surface area contributed by atoms with Crippen LogP contribution in [-0.4, -0.2) is 43.4 Å². The highest BCUT2D eigenvalue weighted by Crippen LogP contribution is 2.32. The van der Waals surface area contributed by atoms with Crippen molar-refractivity contribution in [2.45, 2.75) is 18.9 Å². The van der Waals surface area contributed by atoms with Gasteiger partial charge in [-0.05, 0) is 12.8 Å². The molecule has 0 radical (unpaired) electrons. The van der Waals surface area contributed by atoms with Gasteiger partial charge < -0.3 is 14.4 Å². The maximum atomic E-state index is 5.98. The van der Waals surface area contributed by atoms with Crippen LogP contribution in [0.15, 0.2) is 6.33 Å². The second kappa shape index (κ2) is 5.51. The van der Waals surface area contributed by atoms with Gasteiger partial charge in [0.2, 0.25) is 0 Å². The lowest BCUT2D eigenvalue weighted by atomic mass is 10.1. The molecule has 94 valence electrons. The zero-order valence-corrected chi connectivity index (χ0v) is 10.8. The van der Waals surface area contributed by atoms with Gasteiger partial charge in [0.05, 0.1) is 13.2 Å². The Kier molecular flexibility index (Phi) is 4.02. The van der Waals surface area contributed by atoms with Gasteiger partial charge in [0, 0.05) is 20.2 Å². The normalized spacial score (nSPS) is 17.2. The Hall–Kier alpha value is -1.07. The second-order valence-corrected chi connectivity index (χ2v) is 4.30. The number of ether oxygens (including phenoxy) is 2. The third kappa shape index (κ3) is 2.61. The molecule has 0 aromatic carbocycles. The fourth-order valence-electron chi connectivity index (χ4n) is 2.05. The van der Waals surface area contributed by atoms with Crippen LogP contribution in [0, 0.1) is 0 Å². The Bertz CT molecular complexity index is 381. The molecule has 5 nitrogen and oxygen atoms in total. The molecule has 2 heterocycles. The van der Waals surface area contributed by atoms with Gasteiger partial charge in [0.1, 0.15) is 6.33 Å². The monoisotopic (exact) mass is 257 g/mol. The summed E-state index contributed by atoms with van der Waals surface area (Å²) in [5.41, 5.74) is 0. The van der Waals surface area contributed by atoms with Crippen molar-refractivity contribution in [3.8, 4) is 5.75 Å². The van der Waals surface area contributed by atoms with Crippen LogP contribution in [0.25, 0.3) is 0 Å². The fraction of sp³-hybridized carbons (Fsp3) is 0.636. The van der Waals surface area contributed by atoms with Crippen LogP contribution in [0.4, 0.5) is 5.82 Å². The largest absolute Gasteiger partial charge is 0.490 e. The Balaban J connectivity index is 2.15. The molecule has 0 aliphatic carbocycles. The zero-order chi connectivity index (χ0) is 12.3. The van der Waals surface area contributed by atoms with E-state index in [0.717, 1.165) is 31.7 Å². The molecule has 0 spiro atoms. The summed E-state index contributed by atoms with van der Waals surface area (Å²) in [5.74, 6) is 1.31. The summed E-state index contributed by atoms with van der Waals surface area (Å²) in [5, 5.41) is 0.353. The lowest BCUT2D eigenvalue weighted by Gasteiger charge is -2.32. The average Bonchev–Trinajstić information content (AvgIpc) is 2.38. The lowest BCUT2D eigenvalue weighted by Crippen LogP contribution is -2.37. The molecule has 17 heavy (non-hydrogen) atoms. The van der Waals surface area contributed by atoms with E-state index >= 15 is 0 Å². The molecule has 0 unspecified atom stereocenters. The first kappa shape index (κ1) is 12.4. The first-order valence-corrected chi connectivity index (χ1v) is 5.96. The Labute approximate surface area is 106 Å². The second-order valence-electron chi connectivity index (χ2n) is 3.94. The molecular weight excluding hydrogens is 242 g/mol. The van der Waals surface area contributed by atoms with Crippen molar-refractivity contribution in [1.29, 1.82) is 0 Å². The van der Waals surface area contributed by atoms with Gasteiger partial charge in [0.15, 0.2) is 16.7 Å². The van der Waals surface area contributed by atoms with E-state index in [0.29, 0.717) is 17.0 Å². The summed E-state index contributed by atoms with van der Waals surface area (Å²) >= 11 is 5.98. The Morgan fingerprint density at radius 1 is 1.29 bits per heavy atom. The highest BCUT2D eigenvalue weighted by atomic mass is 35.5. The van der Waals surface area contributed by atoms with Gasteiger partial charge in [-0.2, -0.15) is 0 Å². The Morgan fingerprint density at radius 3 is 2.59 bits per heavy atom. The minimum atomic E-state index is 0.342. The Morgan fingerprint density at radius 2 is 2.00 bits per heavy atom. The van der Waals surface area contributed by atoms with Crippen molar-refractivity contribution in [3.63, 3.8) is 0 Å². The maximum Gasteiger partial charge on any atom is 0.199 e. The van der Waals surface area contributed by atoms with E-state index in [4.69, 9.17) is 21.1 Å². The van der Waals surface area contributed by atoms with Crippen LogP contribution >= 0.6 is 11.6 Å². The van der Waals surface area contributed by atoms with Crippen molar-refractivity contribution >= 4 is 17.4 Å². The number of aromatic nitrogens is 2. The van der Waals surface area contributed by atoms with Gasteiger partial charge in [-0.15, -0.1) is 0 Å². The molecule has 0 atom stereocenters. The summed E-state index contributed by atoms with van der Waals surface area (Å²) in [6.07, 6.45) is 3.78. The summed E-state index contributed by atoms with van der Waals surface area (Å²) in [7, 11) is 3.33. The minimum absolute atomic E-state index is 0.342. The molecule has 2 rings (SSSR count). The number of piperidine rings is 1. The van der Waals surface area contributed by atoms with Crippen LogP contribution in [0.2, 0.25) is 5.15 Å². The predicted molar refractivity (Wildman–Crippen MR) is 65.8 cm³/mol. The maximum absolute atomic E-state index is 5.98. The molecular formula is C11H16ClN3O2. The third-order valence-corrected chi connectivity index (χ3v) is 3.29. The van der Waals surface area contributed by atoms with E-state index in [2.05, 4.69) is 14.9 Å². The quantitative estimate of drug-likeness (QED) is 0.772. The lowest BCUT2D eigenvalue weighted by molar-refractivity contribution is 0.0817. The molecule has 0 saturated carbocycles. The van der Waals surface area contributed by atoms with E-state index in [9.17, 15) is 0 Å². The van der Waals surface area contributed by atoms with Crippen LogP contribution in [-0.2, 0) is 4.74 Å². The SMILES string of the molecule is COc1c(Cl)ncnc1N1CCC(OC)CC1. The van der Waals surface area contributed by atoms with Gasteiger partial charge in [0.25, 0.3) is 0 Å². The number of methoxy groups -OCH3 is 2. The van der Waals surface area contributed by atoms with Crippen molar-refractivity contribution in [3.05, 3.63) is 11.5 Å². The van der Waals surface area contributed by atoms with E-state index in [1.54, 1.807) is 14.2 Å². The summed E-state index contributed by atoms with van der Waals surface area (Å²) < 4.78 is 10.6. The first-order valence-electron chi connectivity index (χ1n) is 5.58. The summed E-state index contributed by atoms with van der Waals surface area (Å²) in [4.78, 5) is 10.3. The zero-order valence-electron chi connectivity index (χ0n) is 10.0. The van der Waals surface area contributed by atoms with Crippen molar-refractivity contribution in [2.75, 3.05) is 32.2 Å². The van der Waals surface area contributed by atoms with E-state index < -0.39 is 0 Å². The molecule has 1 aliphatic rings. The molecule has 0 amide bonds. The van der Waals surface area contributed by atoms with Crippen molar-refractivity contribution in [1.82, 2.24) is 9.97 Å². The van der Waals surface area contributed by atoms with Gasteiger partial charge in [-0.1, -0.05) is 11.6 Å².